The SMILES string of the molecule is Cc1cc(C(N)=O)ccc1CNCC1(O)CCCC(C)C1. The summed E-state index contributed by atoms with van der Waals surface area (Å²) in [5.74, 6) is 0.199. The summed E-state index contributed by atoms with van der Waals surface area (Å²) < 4.78 is 0. The highest BCUT2D eigenvalue weighted by molar-refractivity contribution is 5.93. The highest BCUT2D eigenvalue weighted by atomic mass is 16.3. The van der Waals surface area contributed by atoms with Gasteiger partial charge in [-0.25, -0.2) is 0 Å². The van der Waals surface area contributed by atoms with Crippen LogP contribution in [0.1, 0.15) is 54.1 Å². The molecule has 0 spiro atoms. The molecule has 2 unspecified atom stereocenters. The van der Waals surface area contributed by atoms with Crippen LogP contribution >= 0.6 is 0 Å². The highest BCUT2D eigenvalue weighted by Gasteiger charge is 2.31. The second-order valence-electron chi connectivity index (χ2n) is 6.53. The molecular weight excluding hydrogens is 264 g/mol. The van der Waals surface area contributed by atoms with Crippen LogP contribution < -0.4 is 11.1 Å². The van der Waals surface area contributed by atoms with Gasteiger partial charge in [0.2, 0.25) is 5.91 Å². The van der Waals surface area contributed by atoms with Crippen molar-refractivity contribution in [1.82, 2.24) is 5.32 Å². The molecule has 116 valence electrons. The zero-order chi connectivity index (χ0) is 15.5. The first-order chi connectivity index (χ1) is 9.89. The Hall–Kier alpha value is -1.39. The summed E-state index contributed by atoms with van der Waals surface area (Å²) in [7, 11) is 0. The summed E-state index contributed by atoms with van der Waals surface area (Å²) in [6, 6.07) is 5.50. The van der Waals surface area contributed by atoms with E-state index in [1.807, 2.05) is 19.1 Å². The van der Waals surface area contributed by atoms with Gasteiger partial charge in [-0.1, -0.05) is 25.8 Å². The van der Waals surface area contributed by atoms with E-state index >= 15 is 0 Å². The maximum absolute atomic E-state index is 11.1. The smallest absolute Gasteiger partial charge is 0.248 e. The summed E-state index contributed by atoms with van der Waals surface area (Å²) >= 11 is 0. The summed E-state index contributed by atoms with van der Waals surface area (Å²) in [4.78, 5) is 11.1. The predicted molar refractivity (Wildman–Crippen MR) is 84.0 cm³/mol. The van der Waals surface area contributed by atoms with E-state index < -0.39 is 11.5 Å². The van der Waals surface area contributed by atoms with Crippen LogP contribution in [-0.4, -0.2) is 23.2 Å². The minimum Gasteiger partial charge on any atom is -0.389 e. The number of amides is 1. The molecule has 0 aromatic heterocycles. The van der Waals surface area contributed by atoms with Crippen LogP contribution in [0.4, 0.5) is 0 Å². The second-order valence-corrected chi connectivity index (χ2v) is 6.53. The molecule has 1 saturated carbocycles. The molecule has 2 rings (SSSR count). The van der Waals surface area contributed by atoms with Gasteiger partial charge in [-0.3, -0.25) is 4.79 Å². The van der Waals surface area contributed by atoms with E-state index in [1.165, 1.54) is 6.42 Å². The van der Waals surface area contributed by atoms with Crippen LogP contribution in [-0.2, 0) is 6.54 Å². The van der Waals surface area contributed by atoms with Crippen LogP contribution in [0.3, 0.4) is 0 Å². The number of primary amides is 1. The number of nitrogens with two attached hydrogens (primary N) is 1. The lowest BCUT2D eigenvalue weighted by Gasteiger charge is -2.35. The highest BCUT2D eigenvalue weighted by Crippen LogP contribution is 2.31. The molecule has 0 saturated heterocycles. The van der Waals surface area contributed by atoms with Gasteiger partial charge in [0, 0.05) is 18.7 Å². The maximum Gasteiger partial charge on any atom is 0.248 e. The molecule has 4 nitrogen and oxygen atoms in total. The summed E-state index contributed by atoms with van der Waals surface area (Å²) in [5, 5.41) is 13.9. The number of aliphatic hydroxyl groups is 1. The van der Waals surface area contributed by atoms with E-state index in [1.54, 1.807) is 6.07 Å². The van der Waals surface area contributed by atoms with Gasteiger partial charge in [0.1, 0.15) is 0 Å². The van der Waals surface area contributed by atoms with E-state index in [9.17, 15) is 9.90 Å². The molecule has 21 heavy (non-hydrogen) atoms. The lowest BCUT2D eigenvalue weighted by Crippen LogP contribution is -2.43. The Morgan fingerprint density at radius 3 is 2.90 bits per heavy atom. The summed E-state index contributed by atoms with van der Waals surface area (Å²) in [5.41, 5.74) is 7.42. The van der Waals surface area contributed by atoms with Gasteiger partial charge in [0.25, 0.3) is 0 Å². The lowest BCUT2D eigenvalue weighted by molar-refractivity contribution is -0.0119. The third-order valence-corrected chi connectivity index (χ3v) is 4.46. The number of rotatable bonds is 5. The first-order valence-corrected chi connectivity index (χ1v) is 7.72. The third kappa shape index (κ3) is 4.29. The number of hydrogen-bond donors (Lipinski definition) is 3. The number of nitrogens with one attached hydrogen (secondary N) is 1. The number of benzene rings is 1. The standard InChI is InChI=1S/C17H26N2O2/c1-12-4-3-7-17(21,9-12)11-19-10-15-6-5-14(16(18)20)8-13(15)2/h5-6,8,12,19,21H,3-4,7,9-11H2,1-2H3,(H2,18,20). The normalized spacial score (nSPS) is 25.8. The van der Waals surface area contributed by atoms with Crippen LogP contribution in [0.5, 0.6) is 0 Å². The van der Waals surface area contributed by atoms with Crippen LogP contribution in [0, 0.1) is 12.8 Å². The van der Waals surface area contributed by atoms with Crippen molar-refractivity contribution in [2.24, 2.45) is 11.7 Å². The maximum atomic E-state index is 11.1. The first-order valence-electron chi connectivity index (χ1n) is 7.72. The Kier molecular flexibility index (Phi) is 5.01. The lowest BCUT2D eigenvalue weighted by atomic mass is 9.79. The zero-order valence-corrected chi connectivity index (χ0v) is 13.0. The summed E-state index contributed by atoms with van der Waals surface area (Å²) in [6.45, 7) is 5.49. The molecule has 1 aliphatic rings. The van der Waals surface area contributed by atoms with E-state index in [4.69, 9.17) is 5.73 Å². The first kappa shape index (κ1) is 16.0. The van der Waals surface area contributed by atoms with E-state index in [0.29, 0.717) is 24.6 Å². The van der Waals surface area contributed by atoms with Gasteiger partial charge >= 0.3 is 0 Å². The minimum absolute atomic E-state index is 0.400. The Labute approximate surface area is 126 Å². The molecule has 1 aromatic rings. The molecule has 2 atom stereocenters. The number of carbonyl (C=O) groups is 1. The van der Waals surface area contributed by atoms with Crippen LogP contribution in [0.25, 0.3) is 0 Å². The van der Waals surface area contributed by atoms with Crippen molar-refractivity contribution >= 4 is 5.91 Å². The summed E-state index contributed by atoms with van der Waals surface area (Å²) in [6.07, 6.45) is 4.07. The van der Waals surface area contributed by atoms with Crippen molar-refractivity contribution < 1.29 is 9.90 Å². The third-order valence-electron chi connectivity index (χ3n) is 4.46. The fraction of sp³-hybridized carbons (Fsp3) is 0.588. The number of hydrogen-bond acceptors (Lipinski definition) is 3. The van der Waals surface area contributed by atoms with Crippen LogP contribution in [0.2, 0.25) is 0 Å². The monoisotopic (exact) mass is 290 g/mol. The van der Waals surface area contributed by atoms with Gasteiger partial charge in [0.15, 0.2) is 0 Å². The van der Waals surface area contributed by atoms with Gasteiger partial charge in [0.05, 0.1) is 5.60 Å². The van der Waals surface area contributed by atoms with Gasteiger partial charge in [-0.15, -0.1) is 0 Å². The Balaban J connectivity index is 1.90. The van der Waals surface area contributed by atoms with Crippen molar-refractivity contribution in [3.63, 3.8) is 0 Å². The molecule has 0 heterocycles. The molecule has 1 aliphatic carbocycles. The van der Waals surface area contributed by atoms with Crippen LogP contribution in [0.15, 0.2) is 18.2 Å². The van der Waals surface area contributed by atoms with E-state index in [2.05, 4.69) is 12.2 Å². The molecule has 4 heteroatoms. The average Bonchev–Trinajstić information content (AvgIpc) is 2.40. The number of carbonyl (C=O) groups excluding carboxylic acids is 1. The molecule has 1 amide bonds. The largest absolute Gasteiger partial charge is 0.389 e. The fourth-order valence-corrected chi connectivity index (χ4v) is 3.27. The molecule has 0 radical (unpaired) electrons. The molecule has 1 aromatic carbocycles. The van der Waals surface area contributed by atoms with Crippen molar-refractivity contribution in [3.05, 3.63) is 34.9 Å². The second kappa shape index (κ2) is 6.58. The Morgan fingerprint density at radius 2 is 2.29 bits per heavy atom. The van der Waals surface area contributed by atoms with Gasteiger partial charge in [-0.2, -0.15) is 0 Å². The zero-order valence-electron chi connectivity index (χ0n) is 13.0. The molecular formula is C17H26N2O2. The molecule has 0 bridgehead atoms. The van der Waals surface area contributed by atoms with Gasteiger partial charge < -0.3 is 16.2 Å². The van der Waals surface area contributed by atoms with Crippen molar-refractivity contribution in [2.45, 2.75) is 51.7 Å². The topological polar surface area (TPSA) is 75.4 Å². The van der Waals surface area contributed by atoms with E-state index in [0.717, 1.165) is 30.4 Å². The van der Waals surface area contributed by atoms with E-state index in [-0.39, 0.29) is 0 Å². The number of aryl methyl sites for hydroxylation is 1. The van der Waals surface area contributed by atoms with Crippen molar-refractivity contribution in [1.29, 1.82) is 0 Å². The molecule has 0 aliphatic heterocycles. The van der Waals surface area contributed by atoms with Crippen molar-refractivity contribution in [3.8, 4) is 0 Å². The minimum atomic E-state index is -0.571. The Morgan fingerprint density at radius 1 is 1.52 bits per heavy atom. The fourth-order valence-electron chi connectivity index (χ4n) is 3.27. The Bertz CT molecular complexity index is 516. The molecule has 1 fully saturated rings. The van der Waals surface area contributed by atoms with Gasteiger partial charge in [-0.05, 0) is 48.9 Å². The average molecular weight is 290 g/mol. The van der Waals surface area contributed by atoms with Crippen molar-refractivity contribution in [2.75, 3.05) is 6.54 Å². The quantitative estimate of drug-likeness (QED) is 0.777. The molecule has 4 N–H and O–H groups in total. The predicted octanol–water partition coefficient (Wildman–Crippen LogP) is 2.12.